The van der Waals surface area contributed by atoms with E-state index in [9.17, 15) is 14.4 Å². The molecule has 0 spiro atoms. The minimum atomic E-state index is -0.787. The molecule has 2 atom stereocenters. The standard InChI is InChI=1S/C17H31N3O4/c1-16(2,3)10-24-15(23)19-12(17(4,5)6)14(22)20-9-7-8-11(20)13(18)21/h11-12H,7-10H2,1-6H3,(H2,18,21)(H,19,23)/t11-,12+/m0/s1. The van der Waals surface area contributed by atoms with Gasteiger partial charge in [-0.2, -0.15) is 0 Å². The Bertz CT molecular complexity index is 491. The Labute approximate surface area is 144 Å². The maximum atomic E-state index is 12.9. The van der Waals surface area contributed by atoms with Gasteiger partial charge in [0.25, 0.3) is 0 Å². The first-order valence-electron chi connectivity index (χ1n) is 8.36. The summed E-state index contributed by atoms with van der Waals surface area (Å²) in [5.74, 6) is -0.805. The first-order valence-corrected chi connectivity index (χ1v) is 8.36. The lowest BCUT2D eigenvalue weighted by Crippen LogP contribution is -2.57. The molecule has 0 aromatic rings. The van der Waals surface area contributed by atoms with E-state index in [-0.39, 0.29) is 17.9 Å². The van der Waals surface area contributed by atoms with Crippen molar-refractivity contribution < 1.29 is 19.1 Å². The zero-order valence-corrected chi connectivity index (χ0v) is 15.6. The molecule has 138 valence electrons. The van der Waals surface area contributed by atoms with Crippen LogP contribution in [-0.4, -0.2) is 48.0 Å². The fraction of sp³-hybridized carbons (Fsp3) is 0.824. The lowest BCUT2D eigenvalue weighted by atomic mass is 9.85. The Kier molecular flexibility index (Phi) is 6.25. The monoisotopic (exact) mass is 341 g/mol. The lowest BCUT2D eigenvalue weighted by Gasteiger charge is -2.35. The number of nitrogens with zero attached hydrogens (tertiary/aromatic N) is 1. The van der Waals surface area contributed by atoms with Crippen molar-refractivity contribution in [3.63, 3.8) is 0 Å². The molecule has 1 saturated heterocycles. The van der Waals surface area contributed by atoms with E-state index in [2.05, 4.69) is 5.32 Å². The molecule has 1 aliphatic heterocycles. The van der Waals surface area contributed by atoms with Crippen LogP contribution in [0.25, 0.3) is 0 Å². The number of hydrogen-bond acceptors (Lipinski definition) is 4. The van der Waals surface area contributed by atoms with E-state index in [1.54, 1.807) is 0 Å². The third kappa shape index (κ3) is 5.69. The Hall–Kier alpha value is -1.79. The van der Waals surface area contributed by atoms with E-state index in [1.165, 1.54) is 4.90 Å². The summed E-state index contributed by atoms with van der Waals surface area (Å²) in [6, 6.07) is -1.39. The Balaban J connectivity index is 2.84. The minimum Gasteiger partial charge on any atom is -0.449 e. The SMILES string of the molecule is CC(C)(C)COC(=O)N[C@H](C(=O)N1CCC[C@H]1C(N)=O)C(C)(C)C. The fourth-order valence-electron chi connectivity index (χ4n) is 2.58. The van der Waals surface area contributed by atoms with Gasteiger partial charge in [0.1, 0.15) is 12.1 Å². The quantitative estimate of drug-likeness (QED) is 0.811. The lowest BCUT2D eigenvalue weighted by molar-refractivity contribution is -0.141. The van der Waals surface area contributed by atoms with Crippen molar-refractivity contribution in [3.05, 3.63) is 0 Å². The van der Waals surface area contributed by atoms with Gasteiger partial charge >= 0.3 is 6.09 Å². The number of carbonyl (C=O) groups excluding carboxylic acids is 3. The van der Waals surface area contributed by atoms with E-state index >= 15 is 0 Å². The zero-order chi connectivity index (χ0) is 18.7. The van der Waals surface area contributed by atoms with Crippen LogP contribution in [0, 0.1) is 10.8 Å². The highest BCUT2D eigenvalue weighted by Crippen LogP contribution is 2.26. The van der Waals surface area contributed by atoms with Crippen molar-refractivity contribution in [1.29, 1.82) is 0 Å². The van der Waals surface area contributed by atoms with Crippen molar-refractivity contribution in [1.82, 2.24) is 10.2 Å². The average Bonchev–Trinajstić information content (AvgIpc) is 2.89. The maximum absolute atomic E-state index is 12.9. The van der Waals surface area contributed by atoms with E-state index in [0.717, 1.165) is 6.42 Å². The predicted molar refractivity (Wildman–Crippen MR) is 91.1 cm³/mol. The van der Waals surface area contributed by atoms with Gasteiger partial charge < -0.3 is 20.7 Å². The molecule has 7 heteroatoms. The van der Waals surface area contributed by atoms with Crippen LogP contribution in [-0.2, 0) is 14.3 Å². The molecule has 1 fully saturated rings. The van der Waals surface area contributed by atoms with Gasteiger partial charge in [0, 0.05) is 6.54 Å². The van der Waals surface area contributed by atoms with Crippen molar-refractivity contribution in [2.75, 3.05) is 13.2 Å². The predicted octanol–water partition coefficient (Wildman–Crippen LogP) is 1.65. The largest absolute Gasteiger partial charge is 0.449 e. The summed E-state index contributed by atoms with van der Waals surface area (Å²) in [4.78, 5) is 38.0. The number of ether oxygens (including phenoxy) is 1. The van der Waals surface area contributed by atoms with Crippen molar-refractivity contribution in [2.24, 2.45) is 16.6 Å². The molecule has 1 aliphatic rings. The summed E-state index contributed by atoms with van der Waals surface area (Å²) in [5, 5.41) is 2.66. The number of hydrogen-bond donors (Lipinski definition) is 2. The van der Waals surface area contributed by atoms with E-state index in [4.69, 9.17) is 10.5 Å². The normalized spacial score (nSPS) is 19.8. The number of primary amides is 1. The molecule has 0 aromatic heterocycles. The van der Waals surface area contributed by atoms with Gasteiger partial charge in [-0.1, -0.05) is 41.5 Å². The summed E-state index contributed by atoms with van der Waals surface area (Å²) in [5.41, 5.74) is 4.70. The van der Waals surface area contributed by atoms with Crippen LogP contribution >= 0.6 is 0 Å². The number of nitrogens with one attached hydrogen (secondary N) is 1. The van der Waals surface area contributed by atoms with Crippen LogP contribution < -0.4 is 11.1 Å². The molecule has 0 aliphatic carbocycles. The molecule has 0 aromatic carbocycles. The van der Waals surface area contributed by atoms with Crippen LogP contribution in [0.5, 0.6) is 0 Å². The van der Waals surface area contributed by atoms with E-state index in [1.807, 2.05) is 41.5 Å². The number of likely N-dealkylation sites (tertiary alicyclic amines) is 1. The Morgan fingerprint density at radius 2 is 1.79 bits per heavy atom. The molecule has 0 saturated carbocycles. The topological polar surface area (TPSA) is 102 Å². The highest BCUT2D eigenvalue weighted by atomic mass is 16.5. The summed E-state index contributed by atoms with van der Waals surface area (Å²) in [6.07, 6.45) is 0.657. The van der Waals surface area contributed by atoms with Gasteiger partial charge in [-0.25, -0.2) is 4.79 Å². The molecule has 3 N–H and O–H groups in total. The summed E-state index contributed by atoms with van der Waals surface area (Å²) < 4.78 is 5.21. The van der Waals surface area contributed by atoms with Crippen LogP contribution in [0.3, 0.4) is 0 Å². The highest BCUT2D eigenvalue weighted by molar-refractivity contribution is 5.91. The Morgan fingerprint density at radius 3 is 2.25 bits per heavy atom. The molecule has 0 unspecified atom stereocenters. The van der Waals surface area contributed by atoms with Crippen molar-refractivity contribution >= 4 is 17.9 Å². The smallest absolute Gasteiger partial charge is 0.407 e. The summed E-state index contributed by atoms with van der Waals surface area (Å²) in [7, 11) is 0. The van der Waals surface area contributed by atoms with Crippen LogP contribution in [0.1, 0.15) is 54.4 Å². The number of alkyl carbamates (subject to hydrolysis) is 1. The zero-order valence-electron chi connectivity index (χ0n) is 15.6. The number of rotatable bonds is 4. The molecule has 3 amide bonds. The third-order valence-corrected chi connectivity index (χ3v) is 3.88. The number of amides is 3. The second-order valence-electron chi connectivity index (χ2n) is 8.67. The Morgan fingerprint density at radius 1 is 1.21 bits per heavy atom. The molecule has 7 nitrogen and oxygen atoms in total. The summed E-state index contributed by atoms with van der Waals surface area (Å²) >= 11 is 0. The fourth-order valence-corrected chi connectivity index (χ4v) is 2.58. The molecule has 0 radical (unpaired) electrons. The van der Waals surface area contributed by atoms with E-state index < -0.39 is 29.5 Å². The number of nitrogens with two attached hydrogens (primary N) is 1. The molecular formula is C17H31N3O4. The van der Waals surface area contributed by atoms with Gasteiger partial charge in [-0.05, 0) is 23.7 Å². The van der Waals surface area contributed by atoms with Crippen molar-refractivity contribution in [3.8, 4) is 0 Å². The minimum absolute atomic E-state index is 0.162. The van der Waals surface area contributed by atoms with Crippen LogP contribution in [0.4, 0.5) is 4.79 Å². The molecular weight excluding hydrogens is 310 g/mol. The maximum Gasteiger partial charge on any atom is 0.407 e. The van der Waals surface area contributed by atoms with Gasteiger partial charge in [-0.15, -0.1) is 0 Å². The average molecular weight is 341 g/mol. The highest BCUT2D eigenvalue weighted by Gasteiger charge is 2.41. The van der Waals surface area contributed by atoms with Crippen LogP contribution in [0.2, 0.25) is 0 Å². The first kappa shape index (κ1) is 20.3. The molecule has 24 heavy (non-hydrogen) atoms. The first-order chi connectivity index (χ1) is 10.8. The van der Waals surface area contributed by atoms with Gasteiger partial charge in [0.05, 0.1) is 6.61 Å². The second kappa shape index (κ2) is 7.40. The molecule has 1 rings (SSSR count). The van der Waals surface area contributed by atoms with Gasteiger partial charge in [0.15, 0.2) is 0 Å². The molecule has 0 bridgehead atoms. The number of carbonyl (C=O) groups is 3. The second-order valence-corrected chi connectivity index (χ2v) is 8.67. The van der Waals surface area contributed by atoms with Crippen LogP contribution in [0.15, 0.2) is 0 Å². The third-order valence-electron chi connectivity index (χ3n) is 3.88. The van der Waals surface area contributed by atoms with Gasteiger partial charge in [0.2, 0.25) is 11.8 Å². The van der Waals surface area contributed by atoms with Gasteiger partial charge in [-0.3, -0.25) is 9.59 Å². The molecule has 1 heterocycles. The van der Waals surface area contributed by atoms with Crippen molar-refractivity contribution in [2.45, 2.75) is 66.5 Å². The summed E-state index contributed by atoms with van der Waals surface area (Å²) in [6.45, 7) is 12.1. The van der Waals surface area contributed by atoms with E-state index in [0.29, 0.717) is 13.0 Å².